The lowest BCUT2D eigenvalue weighted by atomic mass is 10.0. The van der Waals surface area contributed by atoms with E-state index >= 15 is 0 Å². The molecule has 3 aromatic heterocycles. The van der Waals surface area contributed by atoms with Gasteiger partial charge in [-0.3, -0.25) is 4.98 Å². The Kier molecular flexibility index (Phi) is 5.66. The molecule has 1 aliphatic rings. The van der Waals surface area contributed by atoms with E-state index in [-0.39, 0.29) is 33.3 Å². The summed E-state index contributed by atoms with van der Waals surface area (Å²) in [6, 6.07) is 10.5. The van der Waals surface area contributed by atoms with Gasteiger partial charge in [0.2, 0.25) is 0 Å². The van der Waals surface area contributed by atoms with Gasteiger partial charge in [0.05, 0.1) is 16.2 Å². The van der Waals surface area contributed by atoms with Crippen molar-refractivity contribution in [3.05, 3.63) is 59.9 Å². The number of hydrogen-bond donors (Lipinski definition) is 0. The molecular formula is C25H23F3N4O2S. The summed E-state index contributed by atoms with van der Waals surface area (Å²) in [4.78, 5) is 12.8. The largest absolute Gasteiger partial charge is 0.417 e. The molecule has 1 aromatic carbocycles. The second-order valence-electron chi connectivity index (χ2n) is 8.61. The fourth-order valence-corrected chi connectivity index (χ4v) is 5.23. The first-order chi connectivity index (χ1) is 16.6. The maximum absolute atomic E-state index is 13.2. The van der Waals surface area contributed by atoms with Crippen molar-refractivity contribution in [1.29, 1.82) is 0 Å². The highest BCUT2D eigenvalue weighted by molar-refractivity contribution is 7.91. The molecule has 0 atom stereocenters. The van der Waals surface area contributed by atoms with Crippen molar-refractivity contribution >= 4 is 21.0 Å². The molecule has 5 rings (SSSR count). The highest BCUT2D eigenvalue weighted by Gasteiger charge is 2.32. The number of sulfone groups is 1. The van der Waals surface area contributed by atoms with Crippen molar-refractivity contribution in [2.75, 3.05) is 5.75 Å². The fourth-order valence-electron chi connectivity index (χ4n) is 4.17. The number of rotatable bonds is 6. The number of nitrogens with zero attached hydrogens (tertiary/aromatic N) is 4. The lowest BCUT2D eigenvalue weighted by molar-refractivity contribution is -0.137. The lowest BCUT2D eigenvalue weighted by Gasteiger charge is -2.12. The molecule has 1 aliphatic carbocycles. The van der Waals surface area contributed by atoms with E-state index < -0.39 is 21.6 Å². The molecule has 35 heavy (non-hydrogen) atoms. The molecule has 1 fully saturated rings. The third-order valence-electron chi connectivity index (χ3n) is 6.30. The molecule has 0 bridgehead atoms. The summed E-state index contributed by atoms with van der Waals surface area (Å²) >= 11 is 0. The molecular weight excluding hydrogens is 477 g/mol. The van der Waals surface area contributed by atoms with Crippen molar-refractivity contribution in [1.82, 2.24) is 19.5 Å². The van der Waals surface area contributed by atoms with Gasteiger partial charge in [-0.15, -0.1) is 0 Å². The number of alkyl halides is 3. The molecule has 0 radical (unpaired) electrons. The summed E-state index contributed by atoms with van der Waals surface area (Å²) in [6.45, 7) is 3.64. The van der Waals surface area contributed by atoms with E-state index in [9.17, 15) is 21.6 Å². The van der Waals surface area contributed by atoms with Crippen molar-refractivity contribution in [3.63, 3.8) is 0 Å². The van der Waals surface area contributed by atoms with Crippen LogP contribution in [0.1, 0.15) is 43.7 Å². The van der Waals surface area contributed by atoms with E-state index in [1.807, 2.05) is 12.1 Å². The second-order valence-corrected chi connectivity index (χ2v) is 10.9. The Morgan fingerprint density at radius 1 is 1.00 bits per heavy atom. The minimum Gasteiger partial charge on any atom is -0.308 e. The van der Waals surface area contributed by atoms with E-state index in [1.54, 1.807) is 23.8 Å². The second kappa shape index (κ2) is 8.44. The van der Waals surface area contributed by atoms with Gasteiger partial charge in [-0.1, -0.05) is 31.2 Å². The van der Waals surface area contributed by atoms with Crippen LogP contribution >= 0.6 is 0 Å². The van der Waals surface area contributed by atoms with Gasteiger partial charge in [-0.25, -0.2) is 18.4 Å². The third kappa shape index (κ3) is 4.31. The van der Waals surface area contributed by atoms with Gasteiger partial charge in [0.25, 0.3) is 0 Å². The first-order valence-corrected chi connectivity index (χ1v) is 13.0. The number of hydrogen-bond acceptors (Lipinski definition) is 5. The van der Waals surface area contributed by atoms with Crippen LogP contribution in [0.5, 0.6) is 0 Å². The number of aryl methyl sites for hydroxylation is 1. The molecule has 6 nitrogen and oxygen atoms in total. The Labute approximate surface area is 200 Å². The predicted molar refractivity (Wildman–Crippen MR) is 127 cm³/mol. The van der Waals surface area contributed by atoms with E-state index in [2.05, 4.69) is 27.1 Å². The zero-order valence-corrected chi connectivity index (χ0v) is 20.0. The molecule has 0 N–H and O–H groups in total. The van der Waals surface area contributed by atoms with E-state index in [4.69, 9.17) is 0 Å². The van der Waals surface area contributed by atoms with Crippen LogP contribution in [0, 0.1) is 0 Å². The van der Waals surface area contributed by atoms with E-state index in [0.29, 0.717) is 18.0 Å². The van der Waals surface area contributed by atoms with Crippen LogP contribution in [-0.2, 0) is 22.6 Å². The van der Waals surface area contributed by atoms with Crippen molar-refractivity contribution in [3.8, 4) is 22.6 Å². The van der Waals surface area contributed by atoms with Crippen LogP contribution in [0.15, 0.2) is 53.7 Å². The monoisotopic (exact) mass is 500 g/mol. The van der Waals surface area contributed by atoms with Crippen LogP contribution in [0.2, 0.25) is 0 Å². The molecule has 3 heterocycles. The Hall–Kier alpha value is -3.27. The van der Waals surface area contributed by atoms with Gasteiger partial charge in [-0.05, 0) is 48.9 Å². The van der Waals surface area contributed by atoms with Crippen LogP contribution in [0.4, 0.5) is 13.2 Å². The predicted octanol–water partition coefficient (Wildman–Crippen LogP) is 5.87. The van der Waals surface area contributed by atoms with Gasteiger partial charge in [-0.2, -0.15) is 13.2 Å². The Morgan fingerprint density at radius 2 is 1.71 bits per heavy atom. The Bertz CT molecular complexity index is 1520. The maximum atomic E-state index is 13.2. The average molecular weight is 501 g/mol. The number of pyridine rings is 2. The van der Waals surface area contributed by atoms with Gasteiger partial charge in [0, 0.05) is 24.5 Å². The van der Waals surface area contributed by atoms with E-state index in [0.717, 1.165) is 17.8 Å². The van der Waals surface area contributed by atoms with E-state index in [1.165, 1.54) is 25.3 Å². The normalized spacial score (nSPS) is 14.5. The summed E-state index contributed by atoms with van der Waals surface area (Å²) < 4.78 is 67.4. The molecule has 10 heteroatoms. The smallest absolute Gasteiger partial charge is 0.308 e. The number of imidazole rings is 1. The fraction of sp³-hybridized carbons (Fsp3) is 0.320. The molecule has 1 saturated carbocycles. The lowest BCUT2D eigenvalue weighted by Crippen LogP contribution is -2.10. The Morgan fingerprint density at radius 3 is 2.31 bits per heavy atom. The maximum Gasteiger partial charge on any atom is 0.417 e. The average Bonchev–Trinajstić information content (AvgIpc) is 3.63. The minimum atomic E-state index is -4.57. The third-order valence-corrected chi connectivity index (χ3v) is 8.04. The standard InChI is InChI=1S/C25H23F3N4O2S/c1-3-32-23-20(12-19(14-30-23)25(26,27)28)31-24(32)22-21(35(33,34)4-2)11-18(13-29-22)17-9-7-16(8-10-17)15-5-6-15/h7-15H,3-6H2,1-2H3. The van der Waals surface area contributed by atoms with Crippen LogP contribution in [0.25, 0.3) is 33.8 Å². The zero-order valence-electron chi connectivity index (χ0n) is 19.2. The zero-order chi connectivity index (χ0) is 25.0. The minimum absolute atomic E-state index is 0.00943. The van der Waals surface area contributed by atoms with Crippen molar-refractivity contribution in [2.24, 2.45) is 0 Å². The van der Waals surface area contributed by atoms with Crippen molar-refractivity contribution in [2.45, 2.75) is 50.2 Å². The number of fused-ring (bicyclic) bond motifs is 1. The highest BCUT2D eigenvalue weighted by Crippen LogP contribution is 2.41. The summed E-state index contributed by atoms with van der Waals surface area (Å²) in [6.07, 6.45) is 0.136. The topological polar surface area (TPSA) is 77.7 Å². The Balaban J connectivity index is 1.67. The molecule has 0 spiro atoms. The molecule has 0 aliphatic heterocycles. The molecule has 182 valence electrons. The molecule has 0 saturated heterocycles. The first kappa shape index (κ1) is 23.5. The van der Waals surface area contributed by atoms with Crippen LogP contribution in [-0.4, -0.2) is 33.7 Å². The summed E-state index contributed by atoms with van der Waals surface area (Å²) in [5, 5.41) is 0. The van der Waals surface area contributed by atoms with Crippen LogP contribution in [0.3, 0.4) is 0 Å². The van der Waals surface area contributed by atoms with Crippen molar-refractivity contribution < 1.29 is 21.6 Å². The number of aromatic nitrogens is 4. The van der Waals surface area contributed by atoms with Gasteiger partial charge < -0.3 is 4.57 Å². The summed E-state index contributed by atoms with van der Waals surface area (Å²) in [7, 11) is -3.73. The molecule has 0 unspecified atom stereocenters. The molecule has 4 aromatic rings. The quantitative estimate of drug-likeness (QED) is 0.331. The highest BCUT2D eigenvalue weighted by atomic mass is 32.2. The SMILES string of the molecule is CCn1c(-c2ncc(-c3ccc(C4CC4)cc3)cc2S(=O)(=O)CC)nc2cc(C(F)(F)F)cnc21. The first-order valence-electron chi connectivity index (χ1n) is 11.4. The van der Waals surface area contributed by atoms with Gasteiger partial charge in [0.15, 0.2) is 21.3 Å². The van der Waals surface area contributed by atoms with Gasteiger partial charge in [0.1, 0.15) is 11.2 Å². The summed E-state index contributed by atoms with van der Waals surface area (Å²) in [5.41, 5.74) is 2.17. The molecule has 0 amide bonds. The van der Waals surface area contributed by atoms with Gasteiger partial charge >= 0.3 is 6.18 Å². The number of halogens is 3. The van der Waals surface area contributed by atoms with Crippen LogP contribution < -0.4 is 0 Å². The summed E-state index contributed by atoms with van der Waals surface area (Å²) in [5.74, 6) is 0.611. The number of benzene rings is 1.